The van der Waals surface area contributed by atoms with Gasteiger partial charge in [0.1, 0.15) is 12.4 Å². The summed E-state index contributed by atoms with van der Waals surface area (Å²) in [5, 5.41) is 4.64. The first-order chi connectivity index (χ1) is 14.6. The van der Waals surface area contributed by atoms with Crippen LogP contribution in [-0.2, 0) is 6.61 Å². The van der Waals surface area contributed by atoms with Gasteiger partial charge in [0, 0.05) is 17.3 Å². The molecule has 0 fully saturated rings. The summed E-state index contributed by atoms with van der Waals surface area (Å²) in [4.78, 5) is 13.0. The maximum Gasteiger partial charge on any atom is 0.265 e. The number of carbonyl (C=O) groups is 1. The zero-order chi connectivity index (χ0) is 20.9. The van der Waals surface area contributed by atoms with Crippen LogP contribution in [0.25, 0.3) is 11.1 Å². The SMILES string of the molecule is O=C(Nc1ccc(-c2ccccc2)cc1)c1cc(COc2ccc(F)cc2F)cs1. The third-order valence-electron chi connectivity index (χ3n) is 4.42. The number of rotatable bonds is 6. The zero-order valence-electron chi connectivity index (χ0n) is 15.8. The standard InChI is InChI=1S/C24H17F2NO2S/c25-19-8-11-22(21(26)13-19)29-14-16-12-23(30-15-16)24(28)27-20-9-6-18(7-10-20)17-4-2-1-3-5-17/h1-13,15H,14H2,(H,27,28). The summed E-state index contributed by atoms with van der Waals surface area (Å²) in [5.74, 6) is -1.69. The Hall–Kier alpha value is -3.51. The number of thiophene rings is 1. The lowest BCUT2D eigenvalue weighted by molar-refractivity contribution is 0.103. The molecule has 0 radical (unpaired) electrons. The van der Waals surface area contributed by atoms with E-state index in [0.717, 1.165) is 28.8 Å². The molecule has 0 atom stereocenters. The highest BCUT2D eigenvalue weighted by molar-refractivity contribution is 7.12. The molecule has 0 spiro atoms. The number of carbonyl (C=O) groups excluding carboxylic acids is 1. The van der Waals surface area contributed by atoms with E-state index >= 15 is 0 Å². The van der Waals surface area contributed by atoms with Gasteiger partial charge in [0.25, 0.3) is 5.91 Å². The molecule has 6 heteroatoms. The fourth-order valence-electron chi connectivity index (χ4n) is 2.89. The third-order valence-corrected chi connectivity index (χ3v) is 5.39. The maximum absolute atomic E-state index is 13.6. The van der Waals surface area contributed by atoms with Crippen LogP contribution in [0.5, 0.6) is 5.75 Å². The van der Waals surface area contributed by atoms with Gasteiger partial charge >= 0.3 is 0 Å². The molecule has 1 aromatic heterocycles. The molecule has 4 aromatic rings. The monoisotopic (exact) mass is 421 g/mol. The first-order valence-corrected chi connectivity index (χ1v) is 10.1. The molecule has 0 unspecified atom stereocenters. The van der Waals surface area contributed by atoms with Crippen LogP contribution in [0.4, 0.5) is 14.5 Å². The van der Waals surface area contributed by atoms with Gasteiger partial charge in [-0.3, -0.25) is 4.79 Å². The topological polar surface area (TPSA) is 38.3 Å². The maximum atomic E-state index is 13.6. The Bertz CT molecular complexity index is 1160. The molecule has 30 heavy (non-hydrogen) atoms. The van der Waals surface area contributed by atoms with Crippen LogP contribution in [-0.4, -0.2) is 5.91 Å². The highest BCUT2D eigenvalue weighted by Gasteiger charge is 2.11. The van der Waals surface area contributed by atoms with Crippen molar-refractivity contribution < 1.29 is 18.3 Å². The third kappa shape index (κ3) is 4.72. The van der Waals surface area contributed by atoms with E-state index in [9.17, 15) is 13.6 Å². The van der Waals surface area contributed by atoms with Gasteiger partial charge in [-0.1, -0.05) is 42.5 Å². The molecule has 0 aliphatic heterocycles. The summed E-state index contributed by atoms with van der Waals surface area (Å²) >= 11 is 1.27. The van der Waals surface area contributed by atoms with Gasteiger partial charge in [-0.15, -0.1) is 11.3 Å². The number of ether oxygens (including phenoxy) is 1. The molecule has 3 nitrogen and oxygen atoms in total. The Kier molecular flexibility index (Phi) is 5.86. The molecule has 1 heterocycles. The number of hydrogen-bond donors (Lipinski definition) is 1. The molecule has 1 amide bonds. The predicted molar refractivity (Wildman–Crippen MR) is 115 cm³/mol. The van der Waals surface area contributed by atoms with Gasteiger partial charge < -0.3 is 10.1 Å². The van der Waals surface area contributed by atoms with E-state index in [1.165, 1.54) is 17.4 Å². The first kappa shape index (κ1) is 19.8. The van der Waals surface area contributed by atoms with Crippen molar-refractivity contribution in [3.8, 4) is 16.9 Å². The van der Waals surface area contributed by atoms with E-state index < -0.39 is 11.6 Å². The molecule has 150 valence electrons. The van der Waals surface area contributed by atoms with Crippen LogP contribution < -0.4 is 10.1 Å². The number of benzene rings is 3. The van der Waals surface area contributed by atoms with Crippen LogP contribution in [0.15, 0.2) is 84.2 Å². The van der Waals surface area contributed by atoms with Crippen molar-refractivity contribution in [2.75, 3.05) is 5.32 Å². The Labute approximate surface area is 176 Å². The van der Waals surface area contributed by atoms with Gasteiger partial charge in [-0.2, -0.15) is 0 Å². The van der Waals surface area contributed by atoms with E-state index in [-0.39, 0.29) is 18.3 Å². The summed E-state index contributed by atoms with van der Waals surface area (Å²) in [6.45, 7) is 0.0815. The van der Waals surface area contributed by atoms with Gasteiger partial charge in [-0.05, 0) is 46.8 Å². The molecular weight excluding hydrogens is 404 g/mol. The van der Waals surface area contributed by atoms with Crippen LogP contribution in [0.3, 0.4) is 0 Å². The van der Waals surface area contributed by atoms with Crippen LogP contribution in [0, 0.1) is 11.6 Å². The average Bonchev–Trinajstić information content (AvgIpc) is 3.24. The number of nitrogens with one attached hydrogen (secondary N) is 1. The Morgan fingerprint density at radius 1 is 0.900 bits per heavy atom. The van der Waals surface area contributed by atoms with Gasteiger partial charge in [-0.25, -0.2) is 8.78 Å². The summed E-state index contributed by atoms with van der Waals surface area (Å²) in [5.41, 5.74) is 3.60. The minimum absolute atomic E-state index is 0.0351. The second-order valence-electron chi connectivity index (χ2n) is 6.58. The van der Waals surface area contributed by atoms with Crippen molar-refractivity contribution in [3.05, 3.63) is 106 Å². The predicted octanol–water partition coefficient (Wildman–Crippen LogP) is 6.52. The molecule has 4 rings (SSSR count). The number of amides is 1. The van der Waals surface area contributed by atoms with Gasteiger partial charge in [0.05, 0.1) is 4.88 Å². The molecule has 0 bridgehead atoms. The summed E-state index contributed by atoms with van der Waals surface area (Å²) in [6.07, 6.45) is 0. The smallest absolute Gasteiger partial charge is 0.265 e. The van der Waals surface area contributed by atoms with E-state index in [0.29, 0.717) is 10.6 Å². The van der Waals surface area contributed by atoms with Crippen molar-refractivity contribution in [1.82, 2.24) is 0 Å². The van der Waals surface area contributed by atoms with Crippen molar-refractivity contribution in [1.29, 1.82) is 0 Å². The quantitative estimate of drug-likeness (QED) is 0.385. The summed E-state index contributed by atoms with van der Waals surface area (Å²) in [6, 6.07) is 22.4. The Morgan fingerprint density at radius 3 is 2.37 bits per heavy atom. The Balaban J connectivity index is 1.37. The molecule has 0 saturated carbocycles. The number of hydrogen-bond acceptors (Lipinski definition) is 3. The molecular formula is C24H17F2NO2S. The lowest BCUT2D eigenvalue weighted by atomic mass is 10.1. The van der Waals surface area contributed by atoms with Crippen molar-refractivity contribution in [2.24, 2.45) is 0 Å². The minimum Gasteiger partial charge on any atom is -0.486 e. The van der Waals surface area contributed by atoms with Crippen LogP contribution in [0.2, 0.25) is 0 Å². The molecule has 1 N–H and O–H groups in total. The molecule has 3 aromatic carbocycles. The van der Waals surface area contributed by atoms with Crippen LogP contribution in [0.1, 0.15) is 15.2 Å². The average molecular weight is 421 g/mol. The number of anilines is 1. The van der Waals surface area contributed by atoms with E-state index in [1.54, 1.807) is 11.4 Å². The fraction of sp³-hybridized carbons (Fsp3) is 0.0417. The minimum atomic E-state index is -0.762. The zero-order valence-corrected chi connectivity index (χ0v) is 16.6. The van der Waals surface area contributed by atoms with E-state index in [2.05, 4.69) is 5.32 Å². The molecule has 0 aliphatic carbocycles. The summed E-state index contributed by atoms with van der Waals surface area (Å²) in [7, 11) is 0. The fourth-order valence-corrected chi connectivity index (χ4v) is 3.68. The van der Waals surface area contributed by atoms with Crippen molar-refractivity contribution in [3.63, 3.8) is 0 Å². The first-order valence-electron chi connectivity index (χ1n) is 9.20. The highest BCUT2D eigenvalue weighted by Crippen LogP contribution is 2.24. The molecule has 0 aliphatic rings. The lowest BCUT2D eigenvalue weighted by Crippen LogP contribution is -2.10. The second kappa shape index (κ2) is 8.88. The van der Waals surface area contributed by atoms with Crippen molar-refractivity contribution in [2.45, 2.75) is 6.61 Å². The van der Waals surface area contributed by atoms with Gasteiger partial charge in [0.2, 0.25) is 0 Å². The normalized spacial score (nSPS) is 10.6. The van der Waals surface area contributed by atoms with Crippen molar-refractivity contribution >= 4 is 22.9 Å². The summed E-state index contributed by atoms with van der Waals surface area (Å²) < 4.78 is 32.0. The lowest BCUT2D eigenvalue weighted by Gasteiger charge is -2.06. The van der Waals surface area contributed by atoms with E-state index in [4.69, 9.17) is 4.74 Å². The van der Waals surface area contributed by atoms with Crippen LogP contribution >= 0.6 is 11.3 Å². The Morgan fingerprint density at radius 2 is 1.63 bits per heavy atom. The largest absolute Gasteiger partial charge is 0.486 e. The highest BCUT2D eigenvalue weighted by atomic mass is 32.1. The second-order valence-corrected chi connectivity index (χ2v) is 7.49. The number of halogens is 2. The molecule has 0 saturated heterocycles. The van der Waals surface area contributed by atoms with E-state index in [1.807, 2.05) is 54.6 Å². The van der Waals surface area contributed by atoms with Gasteiger partial charge in [0.15, 0.2) is 11.6 Å².